The van der Waals surface area contributed by atoms with Crippen LogP contribution in [-0.4, -0.2) is 12.1 Å². The fourth-order valence-electron chi connectivity index (χ4n) is 1.62. The van der Waals surface area contributed by atoms with Gasteiger partial charge in [0.25, 0.3) is 0 Å². The van der Waals surface area contributed by atoms with Gasteiger partial charge in [-0.2, -0.15) is 13.2 Å². The standard InChI is InChI=1S/C16H11F3O2/c17-16(18,19)14(11-12-7-3-1-4-8-12)15(20)21-13-9-5-2-6-10-13/h1-11H/b14-11-. The molecule has 2 aromatic carbocycles. The molecule has 0 saturated heterocycles. The van der Waals surface area contributed by atoms with E-state index in [0.717, 1.165) is 6.08 Å². The van der Waals surface area contributed by atoms with E-state index in [9.17, 15) is 18.0 Å². The van der Waals surface area contributed by atoms with Crippen molar-refractivity contribution < 1.29 is 22.7 Å². The van der Waals surface area contributed by atoms with E-state index in [-0.39, 0.29) is 11.3 Å². The average Bonchev–Trinajstić information content (AvgIpc) is 2.45. The van der Waals surface area contributed by atoms with Crippen LogP contribution in [0.5, 0.6) is 5.75 Å². The molecule has 0 aromatic heterocycles. The number of alkyl halides is 3. The highest BCUT2D eigenvalue weighted by Gasteiger charge is 2.40. The number of ether oxygens (including phenoxy) is 1. The highest BCUT2D eigenvalue weighted by Crippen LogP contribution is 2.29. The van der Waals surface area contributed by atoms with Crippen molar-refractivity contribution in [2.24, 2.45) is 0 Å². The normalized spacial score (nSPS) is 12.0. The molecule has 0 N–H and O–H groups in total. The van der Waals surface area contributed by atoms with Crippen LogP contribution in [0.2, 0.25) is 0 Å². The predicted molar refractivity (Wildman–Crippen MR) is 72.6 cm³/mol. The Balaban J connectivity index is 2.29. The van der Waals surface area contributed by atoms with Gasteiger partial charge in [-0.1, -0.05) is 48.5 Å². The molecule has 2 nitrogen and oxygen atoms in total. The van der Waals surface area contributed by atoms with Crippen molar-refractivity contribution in [1.82, 2.24) is 0 Å². The lowest BCUT2D eigenvalue weighted by Crippen LogP contribution is -2.24. The second-order valence-electron chi connectivity index (χ2n) is 4.17. The van der Waals surface area contributed by atoms with Crippen LogP contribution >= 0.6 is 0 Å². The summed E-state index contributed by atoms with van der Waals surface area (Å²) in [7, 11) is 0. The van der Waals surface area contributed by atoms with E-state index >= 15 is 0 Å². The highest BCUT2D eigenvalue weighted by molar-refractivity contribution is 5.96. The largest absolute Gasteiger partial charge is 0.423 e. The number of para-hydroxylation sites is 1. The number of carbonyl (C=O) groups is 1. The van der Waals surface area contributed by atoms with Crippen molar-refractivity contribution in [2.45, 2.75) is 6.18 Å². The minimum atomic E-state index is -4.79. The van der Waals surface area contributed by atoms with Gasteiger partial charge in [-0.25, -0.2) is 4.79 Å². The fourth-order valence-corrected chi connectivity index (χ4v) is 1.62. The van der Waals surface area contributed by atoms with Gasteiger partial charge in [-0.05, 0) is 23.8 Å². The number of rotatable bonds is 3. The molecule has 0 aliphatic heterocycles. The van der Waals surface area contributed by atoms with Crippen molar-refractivity contribution in [3.05, 3.63) is 71.8 Å². The van der Waals surface area contributed by atoms with Gasteiger partial charge in [0.15, 0.2) is 0 Å². The number of esters is 1. The van der Waals surface area contributed by atoms with Gasteiger partial charge in [-0.3, -0.25) is 0 Å². The molecular formula is C16H11F3O2. The molecule has 0 bridgehead atoms. The summed E-state index contributed by atoms with van der Waals surface area (Å²) < 4.78 is 43.7. The molecule has 2 aromatic rings. The second kappa shape index (κ2) is 6.26. The molecule has 5 heteroatoms. The van der Waals surface area contributed by atoms with Crippen LogP contribution in [0.3, 0.4) is 0 Å². The summed E-state index contributed by atoms with van der Waals surface area (Å²) in [5.41, 5.74) is -1.08. The zero-order chi connectivity index (χ0) is 15.3. The van der Waals surface area contributed by atoms with Crippen LogP contribution in [0, 0.1) is 0 Å². The van der Waals surface area contributed by atoms with Crippen LogP contribution in [-0.2, 0) is 4.79 Å². The van der Waals surface area contributed by atoms with E-state index in [1.165, 1.54) is 24.3 Å². The Morgan fingerprint density at radius 3 is 1.95 bits per heavy atom. The maximum atomic E-state index is 13.0. The van der Waals surface area contributed by atoms with E-state index in [0.29, 0.717) is 0 Å². The summed E-state index contributed by atoms with van der Waals surface area (Å²) in [5, 5.41) is 0. The SMILES string of the molecule is O=C(Oc1ccccc1)/C(=C/c1ccccc1)C(F)(F)F. The van der Waals surface area contributed by atoms with Crippen LogP contribution < -0.4 is 4.74 Å². The molecule has 0 spiro atoms. The third kappa shape index (κ3) is 4.21. The van der Waals surface area contributed by atoms with Gasteiger partial charge in [0, 0.05) is 0 Å². The molecule has 0 aliphatic carbocycles. The van der Waals surface area contributed by atoms with Crippen LogP contribution in [0.25, 0.3) is 6.08 Å². The third-order valence-electron chi connectivity index (χ3n) is 2.59. The number of hydrogen-bond donors (Lipinski definition) is 0. The highest BCUT2D eigenvalue weighted by atomic mass is 19.4. The Morgan fingerprint density at radius 2 is 1.43 bits per heavy atom. The quantitative estimate of drug-likeness (QED) is 0.480. The van der Waals surface area contributed by atoms with Gasteiger partial charge in [0.2, 0.25) is 0 Å². The smallest absolute Gasteiger partial charge is 0.423 e. The molecule has 2 rings (SSSR count). The van der Waals surface area contributed by atoms with Crippen molar-refractivity contribution in [2.75, 3.05) is 0 Å². The van der Waals surface area contributed by atoms with Gasteiger partial charge < -0.3 is 4.74 Å². The molecule has 0 fully saturated rings. The number of halogens is 3. The van der Waals surface area contributed by atoms with Crippen LogP contribution in [0.15, 0.2) is 66.2 Å². The third-order valence-corrected chi connectivity index (χ3v) is 2.59. The molecule has 0 amide bonds. The van der Waals surface area contributed by atoms with Crippen molar-refractivity contribution >= 4 is 12.0 Å². The Hall–Kier alpha value is -2.56. The molecule has 0 saturated carbocycles. The lowest BCUT2D eigenvalue weighted by Gasteiger charge is -2.11. The topological polar surface area (TPSA) is 26.3 Å². The van der Waals surface area contributed by atoms with E-state index in [1.54, 1.807) is 36.4 Å². The molecular weight excluding hydrogens is 281 g/mol. The minimum absolute atomic E-state index is 0.0608. The molecule has 0 unspecified atom stereocenters. The molecule has 0 atom stereocenters. The summed E-state index contributed by atoms with van der Waals surface area (Å²) >= 11 is 0. The van der Waals surface area contributed by atoms with Gasteiger partial charge in [0.1, 0.15) is 11.3 Å². The monoisotopic (exact) mass is 292 g/mol. The lowest BCUT2D eigenvalue weighted by atomic mass is 10.1. The van der Waals surface area contributed by atoms with Gasteiger partial charge in [0.05, 0.1) is 0 Å². The molecule has 108 valence electrons. The van der Waals surface area contributed by atoms with E-state index in [4.69, 9.17) is 4.74 Å². The fraction of sp³-hybridized carbons (Fsp3) is 0.0625. The predicted octanol–water partition coefficient (Wildman–Crippen LogP) is 4.24. The first-order valence-electron chi connectivity index (χ1n) is 6.08. The van der Waals surface area contributed by atoms with Crippen LogP contribution in [0.1, 0.15) is 5.56 Å². The molecule has 0 aliphatic rings. The van der Waals surface area contributed by atoms with Gasteiger partial charge in [-0.15, -0.1) is 0 Å². The van der Waals surface area contributed by atoms with Crippen LogP contribution in [0.4, 0.5) is 13.2 Å². The van der Waals surface area contributed by atoms with Crippen molar-refractivity contribution in [1.29, 1.82) is 0 Å². The Labute approximate surface area is 119 Å². The minimum Gasteiger partial charge on any atom is -0.423 e. The van der Waals surface area contributed by atoms with Crippen molar-refractivity contribution in [3.63, 3.8) is 0 Å². The van der Waals surface area contributed by atoms with Gasteiger partial charge >= 0.3 is 12.1 Å². The molecule has 21 heavy (non-hydrogen) atoms. The zero-order valence-electron chi connectivity index (χ0n) is 10.8. The average molecular weight is 292 g/mol. The maximum absolute atomic E-state index is 13.0. The summed E-state index contributed by atoms with van der Waals surface area (Å²) in [6.45, 7) is 0. The molecule has 0 heterocycles. The first-order chi connectivity index (χ1) is 9.97. The maximum Gasteiger partial charge on any atom is 0.423 e. The van der Waals surface area contributed by atoms with E-state index in [2.05, 4.69) is 0 Å². The number of hydrogen-bond acceptors (Lipinski definition) is 2. The summed E-state index contributed by atoms with van der Waals surface area (Å²) in [4.78, 5) is 11.8. The summed E-state index contributed by atoms with van der Waals surface area (Å²) in [5.74, 6) is -1.37. The van der Waals surface area contributed by atoms with E-state index < -0.39 is 17.7 Å². The Kier molecular flexibility index (Phi) is 4.42. The zero-order valence-corrected chi connectivity index (χ0v) is 10.8. The summed E-state index contributed by atoms with van der Waals surface area (Å²) in [6, 6.07) is 15.4. The first-order valence-corrected chi connectivity index (χ1v) is 6.08. The van der Waals surface area contributed by atoms with E-state index in [1.807, 2.05) is 0 Å². The molecule has 0 radical (unpaired) electrons. The number of carbonyl (C=O) groups excluding carboxylic acids is 1. The number of benzene rings is 2. The summed E-state index contributed by atoms with van der Waals surface area (Å²) in [6.07, 6.45) is -4.02. The first kappa shape index (κ1) is 14.8. The lowest BCUT2D eigenvalue weighted by molar-refractivity contribution is -0.142. The van der Waals surface area contributed by atoms with Crippen molar-refractivity contribution in [3.8, 4) is 5.75 Å². The second-order valence-corrected chi connectivity index (χ2v) is 4.17. The Bertz CT molecular complexity index is 632. The Morgan fingerprint density at radius 1 is 0.905 bits per heavy atom.